The van der Waals surface area contributed by atoms with Gasteiger partial charge in [0, 0.05) is 23.4 Å². The fourth-order valence-corrected chi connectivity index (χ4v) is 3.90. The molecular weight excluding hydrogens is 403 g/mol. The van der Waals surface area contributed by atoms with Crippen LogP contribution in [0.2, 0.25) is 0 Å². The number of nitro groups is 1. The predicted octanol–water partition coefficient (Wildman–Crippen LogP) is 5.33. The number of aromatic nitrogens is 3. The number of nitrogens with zero attached hydrogens (tertiary/aromatic N) is 4. The molecule has 0 spiro atoms. The van der Waals surface area contributed by atoms with Crippen LogP contribution >= 0.6 is 11.8 Å². The van der Waals surface area contributed by atoms with Gasteiger partial charge in [-0.1, -0.05) is 54.2 Å². The molecule has 3 aromatic carbocycles. The van der Waals surface area contributed by atoms with E-state index in [1.807, 2.05) is 41.0 Å². The highest BCUT2D eigenvalue weighted by molar-refractivity contribution is 7.98. The molecule has 0 radical (unpaired) electrons. The van der Waals surface area contributed by atoms with Crippen LogP contribution in [0.3, 0.4) is 0 Å². The average Bonchev–Trinajstić information content (AvgIpc) is 3.16. The second-order valence-corrected chi connectivity index (χ2v) is 7.54. The molecule has 1 heterocycles. The van der Waals surface area contributed by atoms with E-state index in [1.165, 1.54) is 30.0 Å². The van der Waals surface area contributed by atoms with Crippen LogP contribution in [0.1, 0.15) is 11.1 Å². The summed E-state index contributed by atoms with van der Waals surface area (Å²) in [5, 5.41) is 20.4. The molecule has 4 rings (SSSR count). The summed E-state index contributed by atoms with van der Waals surface area (Å²) in [5.41, 5.74) is 2.73. The van der Waals surface area contributed by atoms with E-state index < -0.39 is 4.92 Å². The van der Waals surface area contributed by atoms with Crippen molar-refractivity contribution in [3.63, 3.8) is 0 Å². The lowest BCUT2D eigenvalue weighted by atomic mass is 10.2. The van der Waals surface area contributed by atoms with Gasteiger partial charge in [0.25, 0.3) is 5.69 Å². The van der Waals surface area contributed by atoms with E-state index in [0.717, 1.165) is 16.7 Å². The van der Waals surface area contributed by atoms with Crippen LogP contribution in [0, 0.1) is 15.9 Å². The quantitative estimate of drug-likeness (QED) is 0.229. The van der Waals surface area contributed by atoms with E-state index in [1.54, 1.807) is 24.3 Å². The highest BCUT2D eigenvalue weighted by atomic mass is 32.2. The van der Waals surface area contributed by atoms with Crippen LogP contribution in [-0.4, -0.2) is 19.7 Å². The molecule has 0 aliphatic rings. The number of hydrogen-bond donors (Lipinski definition) is 0. The second-order valence-electron chi connectivity index (χ2n) is 6.60. The maximum atomic E-state index is 13.4. The zero-order valence-corrected chi connectivity index (χ0v) is 16.6. The van der Waals surface area contributed by atoms with Crippen molar-refractivity contribution in [3.8, 4) is 11.4 Å². The first-order chi connectivity index (χ1) is 14.6. The van der Waals surface area contributed by atoms with Gasteiger partial charge in [-0.05, 0) is 35.4 Å². The number of non-ortho nitro benzene ring substituents is 1. The first kappa shape index (κ1) is 19.8. The Bertz CT molecular complexity index is 1160. The molecule has 8 heteroatoms. The van der Waals surface area contributed by atoms with Crippen molar-refractivity contribution in [2.24, 2.45) is 0 Å². The molecule has 0 saturated carbocycles. The molecule has 0 amide bonds. The molecule has 0 N–H and O–H groups in total. The van der Waals surface area contributed by atoms with Crippen molar-refractivity contribution < 1.29 is 9.31 Å². The summed E-state index contributed by atoms with van der Waals surface area (Å²) in [4.78, 5) is 10.6. The lowest BCUT2D eigenvalue weighted by Crippen LogP contribution is -2.04. The number of thioether (sulfide) groups is 1. The summed E-state index contributed by atoms with van der Waals surface area (Å²) in [6.07, 6.45) is 0. The number of nitro benzene ring substituents is 1. The Hall–Kier alpha value is -3.52. The maximum absolute atomic E-state index is 13.4. The maximum Gasteiger partial charge on any atom is 0.269 e. The normalized spacial score (nSPS) is 10.8. The Morgan fingerprint density at radius 2 is 1.67 bits per heavy atom. The number of halogens is 1. The van der Waals surface area contributed by atoms with Gasteiger partial charge in [0.2, 0.25) is 0 Å². The second kappa shape index (κ2) is 8.87. The molecule has 150 valence electrons. The Kier molecular flexibility index (Phi) is 5.85. The topological polar surface area (TPSA) is 73.8 Å². The minimum absolute atomic E-state index is 0.0610. The third-order valence-corrected chi connectivity index (χ3v) is 5.53. The SMILES string of the molecule is O=[N+]([O-])c1cccc(CSc2nnc(-c3ccc(F)cc3)n2Cc2ccccc2)c1. The van der Waals surface area contributed by atoms with Gasteiger partial charge in [-0.2, -0.15) is 0 Å². The van der Waals surface area contributed by atoms with Crippen LogP contribution in [0.5, 0.6) is 0 Å². The van der Waals surface area contributed by atoms with Gasteiger partial charge in [0.05, 0.1) is 11.5 Å². The lowest BCUT2D eigenvalue weighted by Gasteiger charge is -2.11. The molecule has 0 aliphatic carbocycles. The van der Waals surface area contributed by atoms with E-state index >= 15 is 0 Å². The lowest BCUT2D eigenvalue weighted by molar-refractivity contribution is -0.384. The zero-order chi connectivity index (χ0) is 20.9. The van der Waals surface area contributed by atoms with Gasteiger partial charge < -0.3 is 0 Å². The summed E-state index contributed by atoms with van der Waals surface area (Å²) < 4.78 is 15.3. The summed E-state index contributed by atoms with van der Waals surface area (Å²) in [7, 11) is 0. The summed E-state index contributed by atoms with van der Waals surface area (Å²) in [6, 6.07) is 22.6. The molecule has 6 nitrogen and oxygen atoms in total. The van der Waals surface area contributed by atoms with Crippen molar-refractivity contribution in [1.82, 2.24) is 14.8 Å². The first-order valence-electron chi connectivity index (χ1n) is 9.19. The van der Waals surface area contributed by atoms with Gasteiger partial charge in [0.1, 0.15) is 5.82 Å². The summed E-state index contributed by atoms with van der Waals surface area (Å²) >= 11 is 1.45. The van der Waals surface area contributed by atoms with E-state index in [-0.39, 0.29) is 11.5 Å². The van der Waals surface area contributed by atoms with Gasteiger partial charge in [-0.15, -0.1) is 10.2 Å². The van der Waals surface area contributed by atoms with Crippen LogP contribution < -0.4 is 0 Å². The van der Waals surface area contributed by atoms with E-state index in [9.17, 15) is 14.5 Å². The van der Waals surface area contributed by atoms with Crippen LogP contribution in [0.4, 0.5) is 10.1 Å². The van der Waals surface area contributed by atoms with E-state index in [2.05, 4.69) is 10.2 Å². The Morgan fingerprint density at radius 3 is 2.40 bits per heavy atom. The summed E-state index contributed by atoms with van der Waals surface area (Å²) in [5.74, 6) is 0.839. The smallest absolute Gasteiger partial charge is 0.269 e. The monoisotopic (exact) mass is 420 g/mol. The minimum atomic E-state index is -0.404. The van der Waals surface area contributed by atoms with Crippen molar-refractivity contribution in [2.75, 3.05) is 0 Å². The number of hydrogen-bond acceptors (Lipinski definition) is 5. The van der Waals surface area contributed by atoms with Gasteiger partial charge in [-0.3, -0.25) is 14.7 Å². The standard InChI is InChI=1S/C22H17FN4O2S/c23-19-11-9-18(10-12-19)21-24-25-22(26(21)14-16-5-2-1-3-6-16)30-15-17-7-4-8-20(13-17)27(28)29/h1-13H,14-15H2. The Balaban J connectivity index is 1.64. The highest BCUT2D eigenvalue weighted by Crippen LogP contribution is 2.28. The van der Waals surface area contributed by atoms with Crippen molar-refractivity contribution >= 4 is 17.4 Å². The van der Waals surface area contributed by atoms with Crippen LogP contribution in [0.15, 0.2) is 84.0 Å². The highest BCUT2D eigenvalue weighted by Gasteiger charge is 2.16. The molecule has 1 aromatic heterocycles. The Labute approximate surface area is 176 Å². The minimum Gasteiger partial charge on any atom is -0.298 e. The molecule has 0 aliphatic heterocycles. The van der Waals surface area contributed by atoms with E-state index in [0.29, 0.717) is 23.3 Å². The zero-order valence-electron chi connectivity index (χ0n) is 15.8. The molecule has 4 aromatic rings. The molecule has 30 heavy (non-hydrogen) atoms. The van der Waals surface area contributed by atoms with Gasteiger partial charge in [-0.25, -0.2) is 4.39 Å². The fourth-order valence-electron chi connectivity index (χ4n) is 3.02. The third-order valence-electron chi connectivity index (χ3n) is 4.49. The predicted molar refractivity (Wildman–Crippen MR) is 114 cm³/mol. The van der Waals surface area contributed by atoms with Gasteiger partial charge in [0.15, 0.2) is 11.0 Å². The first-order valence-corrected chi connectivity index (χ1v) is 10.2. The Morgan fingerprint density at radius 1 is 0.933 bits per heavy atom. The molecule has 0 unspecified atom stereocenters. The van der Waals surface area contributed by atoms with E-state index in [4.69, 9.17) is 0 Å². The van der Waals surface area contributed by atoms with Gasteiger partial charge >= 0.3 is 0 Å². The van der Waals surface area contributed by atoms with Crippen molar-refractivity contribution in [2.45, 2.75) is 17.5 Å². The fraction of sp³-hybridized carbons (Fsp3) is 0.0909. The molecule has 0 atom stereocenters. The molecule has 0 saturated heterocycles. The molecular formula is C22H17FN4O2S. The van der Waals surface area contributed by atoms with Crippen LogP contribution in [0.25, 0.3) is 11.4 Å². The summed E-state index contributed by atoms with van der Waals surface area (Å²) in [6.45, 7) is 0.553. The molecule has 0 fully saturated rings. The number of rotatable bonds is 7. The largest absolute Gasteiger partial charge is 0.298 e. The number of benzene rings is 3. The third kappa shape index (κ3) is 4.55. The molecule has 0 bridgehead atoms. The van der Waals surface area contributed by atoms with Crippen molar-refractivity contribution in [1.29, 1.82) is 0 Å². The average molecular weight is 420 g/mol. The van der Waals surface area contributed by atoms with Crippen LogP contribution in [-0.2, 0) is 12.3 Å². The van der Waals surface area contributed by atoms with Crippen molar-refractivity contribution in [3.05, 3.63) is 106 Å².